The summed E-state index contributed by atoms with van der Waals surface area (Å²) in [4.78, 5) is 4.04. The van der Waals surface area contributed by atoms with Gasteiger partial charge in [0.1, 0.15) is 0 Å². The van der Waals surface area contributed by atoms with Gasteiger partial charge in [0, 0.05) is 32.1 Å². The summed E-state index contributed by atoms with van der Waals surface area (Å²) in [6.07, 6.45) is -4.79. The molecule has 0 bridgehead atoms. The van der Waals surface area contributed by atoms with Crippen molar-refractivity contribution >= 4 is 23.2 Å². The van der Waals surface area contributed by atoms with Crippen LogP contribution in [-0.4, -0.2) is 36.5 Å². The van der Waals surface area contributed by atoms with Crippen molar-refractivity contribution in [3.63, 3.8) is 0 Å². The topological polar surface area (TPSA) is 40.6 Å². The first kappa shape index (κ1) is 8.88. The molecule has 0 aromatic carbocycles. The van der Waals surface area contributed by atoms with Gasteiger partial charge in [-0.3, -0.25) is 0 Å². The third kappa shape index (κ3) is 2.54. The first-order chi connectivity index (χ1) is 11.6. The zero-order valence-corrected chi connectivity index (χ0v) is 12.9. The maximum Gasteiger partial charge on any atom is 0.507 e. The molecule has 2 saturated heterocycles. The lowest BCUT2D eigenvalue weighted by molar-refractivity contribution is 0.00578. The highest BCUT2D eigenvalue weighted by atomic mass is 32.1. The minimum absolute atomic E-state index is 0.106. The van der Waals surface area contributed by atoms with E-state index in [0.29, 0.717) is 4.78 Å². The minimum atomic E-state index is -2.30. The van der Waals surface area contributed by atoms with Gasteiger partial charge in [-0.25, -0.2) is 4.98 Å². The van der Waals surface area contributed by atoms with Gasteiger partial charge in [-0.1, -0.05) is 0 Å². The van der Waals surface area contributed by atoms with Crippen LogP contribution in [0, 0.1) is 0 Å². The number of thiazole rings is 1. The molecule has 110 valence electrons. The highest BCUT2D eigenvalue weighted by Crippen LogP contribution is 2.37. The van der Waals surface area contributed by atoms with Gasteiger partial charge in [-0.2, -0.15) is 0 Å². The molecule has 2 aliphatic rings. The molecular formula is C14H22BNO3S. The number of hydrogen-bond donors (Lipinski definition) is 0. The quantitative estimate of drug-likeness (QED) is 0.786. The van der Waals surface area contributed by atoms with E-state index in [0.717, 1.165) is 11.3 Å². The average Bonchev–Trinajstić information content (AvgIpc) is 2.93. The fraction of sp³-hybridized carbons (Fsp3) is 0.786. The summed E-state index contributed by atoms with van der Waals surface area (Å²) in [5, 5.41) is -0.106. The molecule has 6 heteroatoms. The van der Waals surface area contributed by atoms with E-state index in [9.17, 15) is 0 Å². The molecule has 2 aliphatic heterocycles. The Morgan fingerprint density at radius 1 is 1.35 bits per heavy atom. The van der Waals surface area contributed by atoms with E-state index in [4.69, 9.17) is 22.3 Å². The van der Waals surface area contributed by atoms with E-state index in [-0.39, 0.29) is 11.2 Å². The fourth-order valence-corrected chi connectivity index (χ4v) is 2.75. The molecule has 4 nitrogen and oxygen atoms in total. The van der Waals surface area contributed by atoms with Crippen LogP contribution in [0.15, 0.2) is 6.17 Å². The third-order valence-corrected chi connectivity index (χ3v) is 4.85. The molecule has 0 spiro atoms. The molecule has 0 N–H and O–H groups in total. The monoisotopic (exact) mass is 301 g/mol. The van der Waals surface area contributed by atoms with Gasteiger partial charge in [-0.05, 0) is 40.4 Å². The zero-order chi connectivity index (χ0) is 19.8. The summed E-state index contributed by atoms with van der Waals surface area (Å²) in [5.74, 6) is -2.29. The van der Waals surface area contributed by atoms with Crippen LogP contribution in [0.3, 0.4) is 0 Å². The van der Waals surface area contributed by atoms with Crippen molar-refractivity contribution in [2.75, 3.05) is 13.2 Å². The van der Waals surface area contributed by atoms with Gasteiger partial charge in [0.15, 0.2) is 0 Å². The Balaban J connectivity index is 2.03. The normalized spacial score (nSPS) is 37.1. The summed E-state index contributed by atoms with van der Waals surface area (Å²) in [7, 11) is -0.862. The molecule has 0 aliphatic carbocycles. The van der Waals surface area contributed by atoms with Gasteiger partial charge in [0.05, 0.1) is 22.4 Å². The van der Waals surface area contributed by atoms with E-state index < -0.39 is 50.2 Å². The van der Waals surface area contributed by atoms with Crippen LogP contribution in [0.1, 0.15) is 59.6 Å². The molecular weight excluding hydrogens is 273 g/mol. The van der Waals surface area contributed by atoms with E-state index in [1.54, 1.807) is 0 Å². The summed E-state index contributed by atoms with van der Waals surface area (Å²) in [5.41, 5.74) is -1.23. The van der Waals surface area contributed by atoms with Crippen molar-refractivity contribution in [3.05, 3.63) is 11.2 Å². The SMILES string of the molecule is [2H]c1nc(C2([2H])C([2H])([2H])COCC2([2H])[2H])sc1B1OC(C)(C)C(C)(C)O1. The Bertz CT molecular complexity index is 694. The molecule has 0 atom stereocenters. The highest BCUT2D eigenvalue weighted by Gasteiger charge is 2.52. The number of nitrogens with zero attached hydrogens (tertiary/aromatic N) is 1. The molecule has 0 saturated carbocycles. The predicted molar refractivity (Wildman–Crippen MR) is 80.6 cm³/mol. The van der Waals surface area contributed by atoms with Crippen LogP contribution in [-0.2, 0) is 14.0 Å². The van der Waals surface area contributed by atoms with E-state index in [1.165, 1.54) is 0 Å². The van der Waals surface area contributed by atoms with Crippen molar-refractivity contribution in [2.24, 2.45) is 0 Å². The smallest absolute Gasteiger partial charge is 0.399 e. The maximum atomic E-state index is 8.66. The Hall–Kier alpha value is -0.425. The molecule has 0 unspecified atom stereocenters. The zero-order valence-electron chi connectivity index (χ0n) is 18.1. The Morgan fingerprint density at radius 3 is 2.55 bits per heavy atom. The Labute approximate surface area is 133 Å². The van der Waals surface area contributed by atoms with Crippen LogP contribution in [0.4, 0.5) is 0 Å². The first-order valence-electron chi connectivity index (χ1n) is 9.56. The molecule has 0 amide bonds. The number of ether oxygens (including phenoxy) is 1. The number of aromatic nitrogens is 1. The molecule has 0 radical (unpaired) electrons. The van der Waals surface area contributed by atoms with Crippen molar-refractivity contribution in [3.8, 4) is 0 Å². The van der Waals surface area contributed by atoms with E-state index in [2.05, 4.69) is 4.98 Å². The van der Waals surface area contributed by atoms with Gasteiger partial charge in [0.2, 0.25) is 0 Å². The molecule has 20 heavy (non-hydrogen) atoms. The molecule has 2 fully saturated rings. The summed E-state index contributed by atoms with van der Waals surface area (Å²) in [6, 6.07) is 0. The van der Waals surface area contributed by atoms with Gasteiger partial charge in [0.25, 0.3) is 0 Å². The van der Waals surface area contributed by atoms with Crippen LogP contribution < -0.4 is 4.78 Å². The maximum absolute atomic E-state index is 8.66. The van der Waals surface area contributed by atoms with Crippen molar-refractivity contribution in [2.45, 2.75) is 57.5 Å². The predicted octanol–water partition coefficient (Wildman–Crippen LogP) is 2.34. The summed E-state index contributed by atoms with van der Waals surface area (Å²) >= 11 is 0.897. The van der Waals surface area contributed by atoms with Crippen LogP contribution >= 0.6 is 11.3 Å². The number of rotatable bonds is 2. The second kappa shape index (κ2) is 5.09. The van der Waals surface area contributed by atoms with Gasteiger partial charge >= 0.3 is 7.12 Å². The van der Waals surface area contributed by atoms with Crippen LogP contribution in [0.2, 0.25) is 0 Å². The fourth-order valence-electron chi connectivity index (χ4n) is 1.92. The Kier molecular flexibility index (Phi) is 2.26. The molecule has 3 heterocycles. The van der Waals surface area contributed by atoms with Gasteiger partial charge < -0.3 is 14.0 Å². The molecule has 1 aromatic rings. The minimum Gasteiger partial charge on any atom is -0.399 e. The average molecular weight is 301 g/mol. The highest BCUT2D eigenvalue weighted by molar-refractivity contribution is 7.22. The van der Waals surface area contributed by atoms with Crippen molar-refractivity contribution in [1.82, 2.24) is 4.98 Å². The largest absolute Gasteiger partial charge is 0.507 e. The lowest BCUT2D eigenvalue weighted by Gasteiger charge is -2.32. The lowest BCUT2D eigenvalue weighted by Crippen LogP contribution is -2.41. The third-order valence-electron chi connectivity index (χ3n) is 3.86. The second-order valence-electron chi connectivity index (χ2n) is 5.80. The van der Waals surface area contributed by atoms with Crippen LogP contribution in [0.5, 0.6) is 0 Å². The van der Waals surface area contributed by atoms with Crippen molar-refractivity contribution < 1.29 is 22.3 Å². The lowest BCUT2D eigenvalue weighted by atomic mass is 9.89. The van der Waals surface area contributed by atoms with Gasteiger partial charge in [-0.15, -0.1) is 11.3 Å². The van der Waals surface area contributed by atoms with Crippen LogP contribution in [0.25, 0.3) is 0 Å². The molecule has 1 aromatic heterocycles. The van der Waals surface area contributed by atoms with Crippen molar-refractivity contribution in [1.29, 1.82) is 0 Å². The summed E-state index contributed by atoms with van der Waals surface area (Å²) in [6.45, 7) is 6.69. The van der Waals surface area contributed by atoms with E-state index >= 15 is 0 Å². The Morgan fingerprint density at radius 2 is 1.95 bits per heavy atom. The van der Waals surface area contributed by atoms with E-state index in [1.807, 2.05) is 27.7 Å². The number of hydrogen-bond acceptors (Lipinski definition) is 5. The molecule has 3 rings (SSSR count). The second-order valence-corrected chi connectivity index (χ2v) is 6.84. The summed E-state index contributed by atoms with van der Waals surface area (Å²) < 4.78 is 66.6. The first-order valence-corrected chi connectivity index (χ1v) is 7.37. The standard InChI is InChI=1S/C14H22BNO3S/c1-13(2)14(3,4)19-15(18-13)11-9-16-12(20-11)10-5-7-17-8-6-10/h9-10H,5-8H2,1-4H3/i5D2,6D2,9D,10D.